The van der Waals surface area contributed by atoms with Crippen molar-refractivity contribution in [2.45, 2.75) is 19.5 Å². The van der Waals surface area contributed by atoms with E-state index in [1.165, 1.54) is 16.8 Å². The third-order valence-electron chi connectivity index (χ3n) is 3.10. The largest absolute Gasteiger partial charge is 0.294 e. The molecule has 0 fully saturated rings. The Kier molecular flexibility index (Phi) is 2.80. The van der Waals surface area contributed by atoms with E-state index in [1.807, 2.05) is 18.6 Å². The van der Waals surface area contributed by atoms with Gasteiger partial charge in [0.1, 0.15) is 6.33 Å². The maximum absolute atomic E-state index is 4.31. The average Bonchev–Trinajstić information content (AvgIpc) is 2.40. The first-order chi connectivity index (χ1) is 8.42. The number of fused-ring (bicyclic) bond motifs is 1. The van der Waals surface area contributed by atoms with Crippen molar-refractivity contribution in [1.82, 2.24) is 19.9 Å². The van der Waals surface area contributed by atoms with Gasteiger partial charge in [0.05, 0.1) is 0 Å². The van der Waals surface area contributed by atoms with Crippen LogP contribution in [0.1, 0.15) is 16.8 Å². The van der Waals surface area contributed by atoms with Crippen LogP contribution in [-0.2, 0) is 19.5 Å². The van der Waals surface area contributed by atoms with Gasteiger partial charge in [-0.25, -0.2) is 9.97 Å². The number of nitrogens with zero attached hydrogens (tertiary/aromatic N) is 4. The van der Waals surface area contributed by atoms with Crippen molar-refractivity contribution < 1.29 is 0 Å². The molecule has 2 aromatic heterocycles. The predicted octanol–water partition coefficient (Wildman–Crippen LogP) is 1.43. The Morgan fingerprint density at radius 1 is 1.18 bits per heavy atom. The van der Waals surface area contributed by atoms with Gasteiger partial charge in [-0.2, -0.15) is 0 Å². The summed E-state index contributed by atoms with van der Waals surface area (Å²) in [5.41, 5.74) is 3.76. The second kappa shape index (κ2) is 4.59. The van der Waals surface area contributed by atoms with Crippen molar-refractivity contribution in [2.75, 3.05) is 6.54 Å². The third kappa shape index (κ3) is 2.31. The van der Waals surface area contributed by atoms with Crippen molar-refractivity contribution >= 4 is 0 Å². The van der Waals surface area contributed by atoms with Gasteiger partial charge in [0.2, 0.25) is 0 Å². The second-order valence-corrected chi connectivity index (χ2v) is 4.31. The van der Waals surface area contributed by atoms with E-state index >= 15 is 0 Å². The number of rotatable bonds is 2. The number of hydrogen-bond acceptors (Lipinski definition) is 4. The van der Waals surface area contributed by atoms with Crippen molar-refractivity contribution in [2.24, 2.45) is 0 Å². The average molecular weight is 226 g/mol. The molecule has 3 heterocycles. The molecule has 0 amide bonds. The summed E-state index contributed by atoms with van der Waals surface area (Å²) >= 11 is 0. The van der Waals surface area contributed by atoms with E-state index in [-0.39, 0.29) is 0 Å². The van der Waals surface area contributed by atoms with Crippen LogP contribution in [0.15, 0.2) is 37.1 Å². The minimum atomic E-state index is 0.943. The molecule has 0 unspecified atom stereocenters. The van der Waals surface area contributed by atoms with E-state index in [0.717, 1.165) is 26.1 Å². The van der Waals surface area contributed by atoms with Gasteiger partial charge in [0.25, 0.3) is 0 Å². The van der Waals surface area contributed by atoms with E-state index < -0.39 is 0 Å². The molecule has 0 atom stereocenters. The Morgan fingerprint density at radius 2 is 2.06 bits per heavy atom. The lowest BCUT2D eigenvalue weighted by molar-refractivity contribution is 0.243. The fourth-order valence-electron chi connectivity index (χ4n) is 2.21. The normalized spacial score (nSPS) is 15.5. The quantitative estimate of drug-likeness (QED) is 0.777. The van der Waals surface area contributed by atoms with Crippen LogP contribution in [0.5, 0.6) is 0 Å². The molecule has 1 aliphatic rings. The zero-order chi connectivity index (χ0) is 11.5. The van der Waals surface area contributed by atoms with Gasteiger partial charge < -0.3 is 0 Å². The molecule has 0 spiro atoms. The third-order valence-corrected chi connectivity index (χ3v) is 3.10. The van der Waals surface area contributed by atoms with Gasteiger partial charge in [-0.3, -0.25) is 9.88 Å². The summed E-state index contributed by atoms with van der Waals surface area (Å²) in [6, 6.07) is 4.13. The molecule has 0 aliphatic carbocycles. The van der Waals surface area contributed by atoms with Crippen LogP contribution in [-0.4, -0.2) is 26.4 Å². The number of pyridine rings is 1. The Morgan fingerprint density at radius 3 is 2.94 bits per heavy atom. The summed E-state index contributed by atoms with van der Waals surface area (Å²) in [7, 11) is 0. The van der Waals surface area contributed by atoms with E-state index in [1.54, 1.807) is 6.33 Å². The molecule has 0 saturated carbocycles. The molecule has 0 saturated heterocycles. The smallest absolute Gasteiger partial charge is 0.115 e. The van der Waals surface area contributed by atoms with Gasteiger partial charge >= 0.3 is 0 Å². The lowest BCUT2D eigenvalue weighted by Gasteiger charge is -2.27. The Hall–Kier alpha value is -1.81. The zero-order valence-corrected chi connectivity index (χ0v) is 9.58. The van der Waals surface area contributed by atoms with Gasteiger partial charge in [-0.05, 0) is 17.7 Å². The van der Waals surface area contributed by atoms with Gasteiger partial charge in [0, 0.05) is 55.9 Å². The lowest BCUT2D eigenvalue weighted by Crippen LogP contribution is -2.30. The molecule has 86 valence electrons. The molecule has 1 aliphatic heterocycles. The fraction of sp³-hybridized carbons (Fsp3) is 0.308. The van der Waals surface area contributed by atoms with Crippen LogP contribution in [0.25, 0.3) is 0 Å². The fourth-order valence-corrected chi connectivity index (χ4v) is 2.21. The number of aromatic nitrogens is 3. The van der Waals surface area contributed by atoms with Crippen LogP contribution in [0.2, 0.25) is 0 Å². The van der Waals surface area contributed by atoms with E-state index in [0.29, 0.717) is 0 Å². The van der Waals surface area contributed by atoms with Crippen molar-refractivity contribution in [3.05, 3.63) is 53.9 Å². The highest BCUT2D eigenvalue weighted by Crippen LogP contribution is 2.17. The minimum Gasteiger partial charge on any atom is -0.294 e. The molecular formula is C13H14N4. The predicted molar refractivity (Wildman–Crippen MR) is 64.1 cm³/mol. The molecule has 4 nitrogen and oxygen atoms in total. The Balaban J connectivity index is 1.72. The molecule has 0 bridgehead atoms. The molecule has 0 N–H and O–H groups in total. The standard InChI is InChI=1S/C13H14N4/c1-4-14-5-2-11(1)8-17-6-3-13-12(9-17)7-15-10-16-13/h1-2,4-5,7,10H,3,6,8-9H2. The summed E-state index contributed by atoms with van der Waals surface area (Å²) in [6.07, 6.45) is 8.27. The van der Waals surface area contributed by atoms with E-state index in [9.17, 15) is 0 Å². The maximum Gasteiger partial charge on any atom is 0.115 e. The van der Waals surface area contributed by atoms with Gasteiger partial charge in [-0.15, -0.1) is 0 Å². The van der Waals surface area contributed by atoms with Crippen LogP contribution in [0.3, 0.4) is 0 Å². The van der Waals surface area contributed by atoms with Crippen molar-refractivity contribution in [3.8, 4) is 0 Å². The first-order valence-electron chi connectivity index (χ1n) is 5.81. The molecule has 2 aromatic rings. The topological polar surface area (TPSA) is 41.9 Å². The van der Waals surface area contributed by atoms with Gasteiger partial charge in [-0.1, -0.05) is 0 Å². The SMILES string of the molecule is c1cc(CN2CCc3ncncc3C2)ccn1. The Bertz CT molecular complexity index is 498. The monoisotopic (exact) mass is 226 g/mol. The summed E-state index contributed by atoms with van der Waals surface area (Å²) in [5, 5.41) is 0. The maximum atomic E-state index is 4.31. The molecule has 0 radical (unpaired) electrons. The second-order valence-electron chi connectivity index (χ2n) is 4.31. The first-order valence-corrected chi connectivity index (χ1v) is 5.81. The highest BCUT2D eigenvalue weighted by molar-refractivity contribution is 5.19. The van der Waals surface area contributed by atoms with Crippen LogP contribution < -0.4 is 0 Å². The summed E-state index contributed by atoms with van der Waals surface area (Å²) in [4.78, 5) is 14.9. The first kappa shape index (κ1) is 10.4. The summed E-state index contributed by atoms with van der Waals surface area (Å²) < 4.78 is 0. The van der Waals surface area contributed by atoms with Crippen molar-refractivity contribution in [1.29, 1.82) is 0 Å². The minimum absolute atomic E-state index is 0.943. The highest BCUT2D eigenvalue weighted by Gasteiger charge is 2.16. The van der Waals surface area contributed by atoms with Gasteiger partial charge in [0.15, 0.2) is 0 Å². The highest BCUT2D eigenvalue weighted by atomic mass is 15.1. The zero-order valence-electron chi connectivity index (χ0n) is 9.58. The summed E-state index contributed by atoms with van der Waals surface area (Å²) in [6.45, 7) is 2.97. The van der Waals surface area contributed by atoms with Crippen LogP contribution >= 0.6 is 0 Å². The molecular weight excluding hydrogens is 212 g/mol. The van der Waals surface area contributed by atoms with E-state index in [4.69, 9.17) is 0 Å². The van der Waals surface area contributed by atoms with Crippen molar-refractivity contribution in [3.63, 3.8) is 0 Å². The number of hydrogen-bond donors (Lipinski definition) is 0. The molecule has 17 heavy (non-hydrogen) atoms. The molecule has 3 rings (SSSR count). The van der Waals surface area contributed by atoms with E-state index in [2.05, 4.69) is 32.0 Å². The molecule has 0 aromatic carbocycles. The Labute approximate surface area is 100 Å². The van der Waals surface area contributed by atoms with Crippen LogP contribution in [0, 0.1) is 0 Å². The lowest BCUT2D eigenvalue weighted by atomic mass is 10.1. The van der Waals surface area contributed by atoms with Crippen LogP contribution in [0.4, 0.5) is 0 Å². The molecule has 4 heteroatoms. The summed E-state index contributed by atoms with van der Waals surface area (Å²) in [5.74, 6) is 0.